The predicted octanol–water partition coefficient (Wildman–Crippen LogP) is 0.932. The van der Waals surface area contributed by atoms with Gasteiger partial charge in [0.15, 0.2) is 0 Å². The Morgan fingerprint density at radius 2 is 2.30 bits per heavy atom. The van der Waals surface area contributed by atoms with Crippen LogP contribution in [0.2, 0.25) is 0 Å². The SMILES string of the molecule is Cc1c(C(=O)NC[C@H]2[C@H]3CN(c4cnccn4)C[C@]34CC[C@H]2O4)cnn1C. The van der Waals surface area contributed by atoms with Crippen LogP contribution in [0.4, 0.5) is 5.82 Å². The highest BCUT2D eigenvalue weighted by atomic mass is 16.5. The minimum Gasteiger partial charge on any atom is -0.369 e. The van der Waals surface area contributed by atoms with Gasteiger partial charge < -0.3 is 15.0 Å². The molecule has 8 nitrogen and oxygen atoms in total. The standard InChI is InChI=1S/C19H24N6O2/c1-12-13(8-23-24(12)2)18(26)22-7-14-15-10-25(17-9-20-5-6-21-17)11-19(15)4-3-16(14)27-19/h5-6,8-9,14-16H,3-4,7,10-11H2,1-2H3,(H,22,26)/t14-,15+,16+,19+/m0/s1. The van der Waals surface area contributed by atoms with E-state index in [0.717, 1.165) is 37.4 Å². The lowest BCUT2D eigenvalue weighted by Gasteiger charge is -2.29. The van der Waals surface area contributed by atoms with Gasteiger partial charge in [0.1, 0.15) is 5.82 Å². The van der Waals surface area contributed by atoms with Gasteiger partial charge in [-0.3, -0.25) is 14.5 Å². The zero-order chi connectivity index (χ0) is 18.6. The lowest BCUT2D eigenvalue weighted by Crippen LogP contribution is -2.42. The maximum Gasteiger partial charge on any atom is 0.254 e. The molecule has 27 heavy (non-hydrogen) atoms. The van der Waals surface area contributed by atoms with Gasteiger partial charge in [-0.15, -0.1) is 0 Å². The minimum atomic E-state index is -0.0954. The molecule has 1 spiro atoms. The number of aromatic nitrogens is 4. The number of fused-ring (bicyclic) bond motifs is 1. The number of hydrogen-bond acceptors (Lipinski definition) is 6. The predicted molar refractivity (Wildman–Crippen MR) is 98.3 cm³/mol. The fourth-order valence-corrected chi connectivity index (χ4v) is 5.12. The summed E-state index contributed by atoms with van der Waals surface area (Å²) in [7, 11) is 1.85. The lowest BCUT2D eigenvalue weighted by molar-refractivity contribution is 0.0141. The summed E-state index contributed by atoms with van der Waals surface area (Å²) >= 11 is 0. The number of anilines is 1. The van der Waals surface area contributed by atoms with E-state index in [0.29, 0.717) is 23.9 Å². The van der Waals surface area contributed by atoms with Gasteiger partial charge in [0.25, 0.3) is 5.91 Å². The number of ether oxygens (including phenoxy) is 1. The van der Waals surface area contributed by atoms with E-state index in [-0.39, 0.29) is 17.6 Å². The molecule has 3 saturated heterocycles. The highest BCUT2D eigenvalue weighted by Crippen LogP contribution is 2.55. The smallest absolute Gasteiger partial charge is 0.254 e. The summed E-state index contributed by atoms with van der Waals surface area (Å²) in [6.07, 6.45) is 9.27. The Morgan fingerprint density at radius 1 is 1.41 bits per heavy atom. The van der Waals surface area contributed by atoms with Crippen LogP contribution in [0.5, 0.6) is 0 Å². The van der Waals surface area contributed by atoms with Crippen molar-refractivity contribution in [3.8, 4) is 0 Å². The third-order valence-electron chi connectivity index (χ3n) is 6.64. The maximum atomic E-state index is 12.6. The average Bonchev–Trinajstić information content (AvgIpc) is 3.41. The van der Waals surface area contributed by atoms with Crippen molar-refractivity contribution < 1.29 is 9.53 Å². The van der Waals surface area contributed by atoms with Gasteiger partial charge in [0.05, 0.1) is 29.7 Å². The molecule has 5 rings (SSSR count). The maximum absolute atomic E-state index is 12.6. The Bertz CT molecular complexity index is 868. The molecule has 3 fully saturated rings. The zero-order valence-electron chi connectivity index (χ0n) is 15.6. The molecular weight excluding hydrogens is 344 g/mol. The van der Waals surface area contributed by atoms with Crippen molar-refractivity contribution in [1.29, 1.82) is 0 Å². The average molecular weight is 368 g/mol. The van der Waals surface area contributed by atoms with Gasteiger partial charge in [-0.2, -0.15) is 5.10 Å². The van der Waals surface area contributed by atoms with Crippen molar-refractivity contribution in [2.75, 3.05) is 24.5 Å². The van der Waals surface area contributed by atoms with Crippen molar-refractivity contribution in [3.05, 3.63) is 36.0 Å². The van der Waals surface area contributed by atoms with Gasteiger partial charge in [-0.05, 0) is 19.8 Å². The van der Waals surface area contributed by atoms with E-state index in [2.05, 4.69) is 25.3 Å². The van der Waals surface area contributed by atoms with E-state index >= 15 is 0 Å². The molecule has 0 aliphatic carbocycles. The Hall–Kier alpha value is -2.48. The quantitative estimate of drug-likeness (QED) is 0.864. The van der Waals surface area contributed by atoms with Crippen molar-refractivity contribution in [1.82, 2.24) is 25.1 Å². The van der Waals surface area contributed by atoms with Gasteiger partial charge in [-0.25, -0.2) is 4.98 Å². The molecule has 0 aromatic carbocycles. The van der Waals surface area contributed by atoms with Crippen molar-refractivity contribution in [2.24, 2.45) is 18.9 Å². The van der Waals surface area contributed by atoms with Crippen molar-refractivity contribution in [2.45, 2.75) is 31.5 Å². The van der Waals surface area contributed by atoms with Crippen LogP contribution >= 0.6 is 0 Å². The number of amides is 1. The fourth-order valence-electron chi connectivity index (χ4n) is 5.12. The first-order valence-corrected chi connectivity index (χ1v) is 9.53. The normalized spacial score (nSPS) is 31.3. The summed E-state index contributed by atoms with van der Waals surface area (Å²) < 4.78 is 8.18. The van der Waals surface area contributed by atoms with Gasteiger partial charge in [0, 0.05) is 56.6 Å². The number of rotatable bonds is 4. The lowest BCUT2D eigenvalue weighted by atomic mass is 9.73. The van der Waals surface area contributed by atoms with Gasteiger partial charge in [0.2, 0.25) is 0 Å². The van der Waals surface area contributed by atoms with Crippen LogP contribution in [0.15, 0.2) is 24.8 Å². The molecule has 2 aromatic heterocycles. The van der Waals surface area contributed by atoms with Crippen LogP contribution < -0.4 is 10.2 Å². The molecule has 142 valence electrons. The third kappa shape index (κ3) is 2.54. The first kappa shape index (κ1) is 16.7. The minimum absolute atomic E-state index is 0.0544. The van der Waals surface area contributed by atoms with E-state index in [1.54, 1.807) is 23.3 Å². The second kappa shape index (κ2) is 6.02. The van der Waals surface area contributed by atoms with E-state index in [9.17, 15) is 4.79 Å². The Morgan fingerprint density at radius 3 is 3.04 bits per heavy atom. The highest BCUT2D eigenvalue weighted by Gasteiger charge is 2.63. The Kier molecular flexibility index (Phi) is 3.72. The summed E-state index contributed by atoms with van der Waals surface area (Å²) in [5.41, 5.74) is 1.42. The molecule has 8 heteroatoms. The number of nitrogens with one attached hydrogen (secondary N) is 1. The number of aryl methyl sites for hydroxylation is 1. The van der Waals surface area contributed by atoms with E-state index in [1.807, 2.05) is 20.2 Å². The molecule has 0 unspecified atom stereocenters. The van der Waals surface area contributed by atoms with Crippen LogP contribution in [0.3, 0.4) is 0 Å². The summed E-state index contributed by atoms with van der Waals surface area (Å²) in [5, 5.41) is 7.29. The van der Waals surface area contributed by atoms with E-state index in [4.69, 9.17) is 4.74 Å². The fraction of sp³-hybridized carbons (Fsp3) is 0.579. The highest BCUT2D eigenvalue weighted by molar-refractivity contribution is 5.95. The molecular formula is C19H24N6O2. The molecule has 4 atom stereocenters. The van der Waals surface area contributed by atoms with Crippen molar-refractivity contribution in [3.63, 3.8) is 0 Å². The zero-order valence-corrected chi connectivity index (χ0v) is 15.6. The summed E-state index contributed by atoms with van der Waals surface area (Å²) in [6.45, 7) is 4.31. The molecule has 3 aliphatic heterocycles. The summed E-state index contributed by atoms with van der Waals surface area (Å²) in [5.74, 6) is 1.60. The number of carbonyl (C=O) groups is 1. The third-order valence-corrected chi connectivity index (χ3v) is 6.64. The summed E-state index contributed by atoms with van der Waals surface area (Å²) in [6, 6.07) is 0. The first-order chi connectivity index (χ1) is 13.1. The number of carbonyl (C=O) groups excluding carboxylic acids is 1. The molecule has 0 radical (unpaired) electrons. The van der Waals surface area contributed by atoms with Crippen LogP contribution in [-0.2, 0) is 11.8 Å². The summed E-state index contributed by atoms with van der Waals surface area (Å²) in [4.78, 5) is 23.5. The van der Waals surface area contributed by atoms with Crippen LogP contribution in [0.25, 0.3) is 0 Å². The second-order valence-electron chi connectivity index (χ2n) is 7.95. The van der Waals surface area contributed by atoms with Gasteiger partial charge in [-0.1, -0.05) is 0 Å². The molecule has 1 amide bonds. The largest absolute Gasteiger partial charge is 0.369 e. The van der Waals surface area contributed by atoms with Crippen molar-refractivity contribution >= 4 is 11.7 Å². The Balaban J connectivity index is 1.30. The number of hydrogen-bond donors (Lipinski definition) is 1. The molecule has 2 bridgehead atoms. The second-order valence-corrected chi connectivity index (χ2v) is 7.95. The molecule has 2 aromatic rings. The Labute approximate surface area is 157 Å². The molecule has 5 heterocycles. The first-order valence-electron chi connectivity index (χ1n) is 9.53. The topological polar surface area (TPSA) is 85.2 Å². The van der Waals surface area contributed by atoms with Crippen LogP contribution in [0.1, 0.15) is 28.9 Å². The van der Waals surface area contributed by atoms with E-state index in [1.165, 1.54) is 0 Å². The van der Waals surface area contributed by atoms with Crippen LogP contribution in [0, 0.1) is 18.8 Å². The molecule has 3 aliphatic rings. The number of nitrogens with zero attached hydrogens (tertiary/aromatic N) is 5. The van der Waals surface area contributed by atoms with Crippen LogP contribution in [-0.4, -0.2) is 57.0 Å². The molecule has 0 saturated carbocycles. The van der Waals surface area contributed by atoms with E-state index < -0.39 is 0 Å². The molecule has 1 N–H and O–H groups in total. The monoisotopic (exact) mass is 368 g/mol. The van der Waals surface area contributed by atoms with Gasteiger partial charge >= 0.3 is 0 Å².